The van der Waals surface area contributed by atoms with Gasteiger partial charge in [-0.15, -0.1) is 0 Å². The van der Waals surface area contributed by atoms with Gasteiger partial charge in [-0.25, -0.2) is 0 Å². The molecule has 0 radical (unpaired) electrons. The Labute approximate surface area is 192 Å². The lowest BCUT2D eigenvalue weighted by atomic mass is 9.79. The fourth-order valence-electron chi connectivity index (χ4n) is 5.02. The maximum atomic E-state index is 5.59. The van der Waals surface area contributed by atoms with Crippen LogP contribution in [0.1, 0.15) is 41.6 Å². The van der Waals surface area contributed by atoms with E-state index in [1.165, 1.54) is 31.5 Å². The van der Waals surface area contributed by atoms with Crippen LogP contribution in [0.3, 0.4) is 0 Å². The Morgan fingerprint density at radius 1 is 1.03 bits per heavy atom. The molecule has 33 heavy (non-hydrogen) atoms. The molecule has 3 aliphatic heterocycles. The molecular weight excluding hydrogens is 412 g/mol. The first-order valence-corrected chi connectivity index (χ1v) is 11.6. The number of aromatic nitrogens is 5. The number of benzene rings is 1. The number of hydrogen-bond donors (Lipinski definition) is 0. The van der Waals surface area contributed by atoms with Crippen LogP contribution in [0.5, 0.6) is 0 Å². The van der Waals surface area contributed by atoms with Gasteiger partial charge in [0.25, 0.3) is 5.89 Å². The monoisotopic (exact) mass is 438 g/mol. The van der Waals surface area contributed by atoms with Gasteiger partial charge in [-0.05, 0) is 55.6 Å². The highest BCUT2D eigenvalue weighted by Crippen LogP contribution is 2.37. The summed E-state index contributed by atoms with van der Waals surface area (Å²) >= 11 is 0. The Balaban J connectivity index is 1.26. The topological polar surface area (TPSA) is 72.9 Å². The second-order valence-electron chi connectivity index (χ2n) is 8.93. The fraction of sp³-hybridized carbons (Fsp3) is 0.308. The number of fused-ring (bicyclic) bond motifs is 3. The molecule has 3 fully saturated rings. The zero-order valence-electron chi connectivity index (χ0n) is 18.4. The van der Waals surface area contributed by atoms with E-state index in [1.54, 1.807) is 6.20 Å². The van der Waals surface area contributed by atoms with E-state index in [9.17, 15) is 0 Å². The molecule has 3 aromatic heterocycles. The van der Waals surface area contributed by atoms with Gasteiger partial charge in [-0.3, -0.25) is 9.67 Å². The zero-order valence-corrected chi connectivity index (χ0v) is 18.4. The van der Waals surface area contributed by atoms with Crippen molar-refractivity contribution in [2.24, 2.45) is 5.92 Å². The first-order chi connectivity index (χ1) is 16.3. The minimum atomic E-state index is 0.387. The Morgan fingerprint density at radius 2 is 1.91 bits per heavy atom. The number of piperidine rings is 3. The normalized spacial score (nSPS) is 22.2. The molecular formula is C26H26N6O. The van der Waals surface area contributed by atoms with Crippen LogP contribution in [0, 0.1) is 5.92 Å². The molecule has 0 saturated carbocycles. The Morgan fingerprint density at radius 3 is 2.67 bits per heavy atom. The van der Waals surface area contributed by atoms with Crippen LogP contribution >= 0.6 is 0 Å². The molecule has 7 heteroatoms. The Bertz CT molecular complexity index is 1240. The van der Waals surface area contributed by atoms with E-state index < -0.39 is 0 Å². The van der Waals surface area contributed by atoms with Gasteiger partial charge >= 0.3 is 0 Å². The maximum absolute atomic E-state index is 5.59. The van der Waals surface area contributed by atoms with Crippen LogP contribution in [0.25, 0.3) is 23.4 Å². The molecule has 1 unspecified atom stereocenters. The van der Waals surface area contributed by atoms with Crippen molar-refractivity contribution in [3.63, 3.8) is 0 Å². The van der Waals surface area contributed by atoms with Crippen LogP contribution in [0.15, 0.2) is 65.6 Å². The summed E-state index contributed by atoms with van der Waals surface area (Å²) in [5.74, 6) is 2.45. The predicted octanol–water partition coefficient (Wildman–Crippen LogP) is 4.36. The molecule has 166 valence electrons. The van der Waals surface area contributed by atoms with Gasteiger partial charge in [0, 0.05) is 48.3 Å². The van der Waals surface area contributed by atoms with Crippen LogP contribution < -0.4 is 0 Å². The third-order valence-electron chi connectivity index (χ3n) is 6.76. The van der Waals surface area contributed by atoms with Crippen molar-refractivity contribution >= 4 is 12.2 Å². The molecule has 0 spiro atoms. The van der Waals surface area contributed by atoms with Crippen LogP contribution in [0.4, 0.5) is 0 Å². The first-order valence-electron chi connectivity index (χ1n) is 11.6. The summed E-state index contributed by atoms with van der Waals surface area (Å²) in [4.78, 5) is 11.5. The van der Waals surface area contributed by atoms with Crippen molar-refractivity contribution in [2.45, 2.75) is 25.3 Å². The minimum Gasteiger partial charge on any atom is -0.335 e. The second-order valence-corrected chi connectivity index (χ2v) is 8.93. The third kappa shape index (κ3) is 4.24. The van der Waals surface area contributed by atoms with Crippen LogP contribution in [-0.2, 0) is 6.54 Å². The van der Waals surface area contributed by atoms with E-state index in [4.69, 9.17) is 14.6 Å². The predicted molar refractivity (Wildman–Crippen MR) is 126 cm³/mol. The molecule has 3 saturated heterocycles. The highest BCUT2D eigenvalue weighted by molar-refractivity contribution is 5.76. The summed E-state index contributed by atoms with van der Waals surface area (Å²) in [5, 5.41) is 9.16. The maximum Gasteiger partial charge on any atom is 0.250 e. The van der Waals surface area contributed by atoms with E-state index in [2.05, 4.69) is 33.4 Å². The molecule has 0 amide bonds. The zero-order chi connectivity index (χ0) is 22.0. The number of rotatable bonds is 6. The molecule has 7 nitrogen and oxygen atoms in total. The van der Waals surface area contributed by atoms with Gasteiger partial charge in [-0.2, -0.15) is 10.1 Å². The highest BCUT2D eigenvalue weighted by Gasteiger charge is 2.37. The molecule has 2 bridgehead atoms. The third-order valence-corrected chi connectivity index (χ3v) is 6.76. The summed E-state index contributed by atoms with van der Waals surface area (Å²) in [5.41, 5.74) is 4.05. The summed E-state index contributed by atoms with van der Waals surface area (Å²) in [7, 11) is 0. The lowest BCUT2D eigenvalue weighted by molar-refractivity contribution is 0.0825. The van der Waals surface area contributed by atoms with Crippen molar-refractivity contribution in [1.82, 2.24) is 29.8 Å². The molecule has 1 atom stereocenters. The van der Waals surface area contributed by atoms with Crippen molar-refractivity contribution < 1.29 is 4.52 Å². The molecule has 3 aliphatic rings. The summed E-state index contributed by atoms with van der Waals surface area (Å²) in [6.07, 6.45) is 12.0. The van der Waals surface area contributed by atoms with Gasteiger partial charge in [0.15, 0.2) is 5.82 Å². The van der Waals surface area contributed by atoms with Crippen LogP contribution in [0.2, 0.25) is 0 Å². The average molecular weight is 439 g/mol. The molecule has 4 aromatic rings. The smallest absolute Gasteiger partial charge is 0.250 e. The second kappa shape index (κ2) is 8.75. The van der Waals surface area contributed by atoms with E-state index in [0.717, 1.165) is 29.2 Å². The minimum absolute atomic E-state index is 0.387. The number of pyridine rings is 1. The quantitative estimate of drug-likeness (QED) is 0.445. The molecule has 0 N–H and O–H groups in total. The first kappa shape index (κ1) is 20.1. The summed E-state index contributed by atoms with van der Waals surface area (Å²) in [6, 6.07) is 14.3. The van der Waals surface area contributed by atoms with Gasteiger partial charge in [-0.1, -0.05) is 35.5 Å². The Kier molecular flexibility index (Phi) is 5.32. The Hall–Kier alpha value is -3.58. The molecule has 1 aromatic carbocycles. The van der Waals surface area contributed by atoms with E-state index in [0.29, 0.717) is 24.3 Å². The van der Waals surface area contributed by atoms with Crippen molar-refractivity contribution in [3.05, 3.63) is 83.9 Å². The van der Waals surface area contributed by atoms with Gasteiger partial charge < -0.3 is 9.42 Å². The van der Waals surface area contributed by atoms with Crippen molar-refractivity contribution in [2.75, 3.05) is 19.6 Å². The van der Waals surface area contributed by atoms with E-state index >= 15 is 0 Å². The molecule has 7 rings (SSSR count). The van der Waals surface area contributed by atoms with Gasteiger partial charge in [0.2, 0.25) is 0 Å². The summed E-state index contributed by atoms with van der Waals surface area (Å²) in [6.45, 7) is 4.16. The van der Waals surface area contributed by atoms with E-state index in [1.807, 2.05) is 53.4 Å². The lowest BCUT2D eigenvalue weighted by Crippen LogP contribution is -2.46. The van der Waals surface area contributed by atoms with Crippen molar-refractivity contribution in [3.8, 4) is 11.3 Å². The number of hydrogen-bond acceptors (Lipinski definition) is 6. The van der Waals surface area contributed by atoms with E-state index in [-0.39, 0.29) is 0 Å². The average Bonchev–Trinajstić information content (AvgIpc) is 3.52. The fourth-order valence-corrected chi connectivity index (χ4v) is 5.02. The number of nitrogens with zero attached hydrogens (tertiary/aromatic N) is 6. The van der Waals surface area contributed by atoms with Gasteiger partial charge in [0.05, 0.1) is 6.54 Å². The van der Waals surface area contributed by atoms with Gasteiger partial charge in [0.1, 0.15) is 5.69 Å². The molecule has 0 aliphatic carbocycles. The highest BCUT2D eigenvalue weighted by atomic mass is 16.5. The SMILES string of the molecule is C(=C\c1cn(Cc2ccccc2)nc1-c1cccnc1)/c1nc(C2CN3CCC2CC3)no1. The molecule has 6 heterocycles. The van der Waals surface area contributed by atoms with Crippen LogP contribution in [-0.4, -0.2) is 49.4 Å². The summed E-state index contributed by atoms with van der Waals surface area (Å²) < 4.78 is 7.55. The lowest BCUT2D eigenvalue weighted by Gasteiger charge is -2.43. The largest absolute Gasteiger partial charge is 0.335 e. The van der Waals surface area contributed by atoms with Crippen molar-refractivity contribution in [1.29, 1.82) is 0 Å². The standard InChI is InChI=1S/C26H26N6O/c1-2-5-19(6-3-1)16-32-17-22(25(29-32)21-7-4-12-27-15-21)8-9-24-28-26(30-33-24)23-18-31-13-10-20(23)11-14-31/h1-9,12,15,17,20,23H,10-11,13-14,16,18H2/b9-8+.